The summed E-state index contributed by atoms with van der Waals surface area (Å²) in [5, 5.41) is 8.66. The van der Waals surface area contributed by atoms with Crippen molar-refractivity contribution in [3.8, 4) is 0 Å². The highest BCUT2D eigenvalue weighted by molar-refractivity contribution is 7.14. The van der Waals surface area contributed by atoms with Gasteiger partial charge in [-0.3, -0.25) is 9.59 Å². The first kappa shape index (κ1) is 23.3. The maximum absolute atomic E-state index is 11.9. The van der Waals surface area contributed by atoms with Gasteiger partial charge in [-0.15, -0.1) is 11.3 Å². The zero-order valence-electron chi connectivity index (χ0n) is 17.4. The minimum absolute atomic E-state index is 0.0506. The van der Waals surface area contributed by atoms with E-state index in [9.17, 15) is 9.59 Å². The van der Waals surface area contributed by atoms with E-state index in [0.29, 0.717) is 4.88 Å². The Hall–Kier alpha value is -1.95. The lowest BCUT2D eigenvalue weighted by Crippen LogP contribution is -2.01. The number of aliphatic carboxylic acids is 1. The van der Waals surface area contributed by atoms with Crippen LogP contribution < -0.4 is 0 Å². The molecule has 0 aliphatic heterocycles. The van der Waals surface area contributed by atoms with Crippen LogP contribution in [0.5, 0.6) is 0 Å². The third-order valence-corrected chi connectivity index (χ3v) is 6.34. The molecule has 5 nitrogen and oxygen atoms in total. The number of thiophene rings is 1. The fourth-order valence-corrected chi connectivity index (χ4v) is 4.45. The number of rotatable bonds is 17. The van der Waals surface area contributed by atoms with Crippen molar-refractivity contribution in [3.63, 3.8) is 0 Å². The van der Waals surface area contributed by atoms with Crippen LogP contribution in [0.15, 0.2) is 30.9 Å². The van der Waals surface area contributed by atoms with Crippen LogP contribution >= 0.6 is 11.3 Å². The van der Waals surface area contributed by atoms with Crippen LogP contribution in [-0.4, -0.2) is 26.4 Å². The number of unbranched alkanes of at least 4 members (excludes halogenated alkanes) is 9. The number of carbonyl (C=O) groups excluding carboxylic acids is 1. The van der Waals surface area contributed by atoms with Crippen LogP contribution in [0.25, 0.3) is 0 Å². The van der Waals surface area contributed by atoms with Gasteiger partial charge in [-0.1, -0.05) is 51.4 Å². The molecule has 0 atom stereocenters. The van der Waals surface area contributed by atoms with Gasteiger partial charge in [0.25, 0.3) is 0 Å². The van der Waals surface area contributed by atoms with E-state index >= 15 is 0 Å². The third kappa shape index (κ3) is 10.4. The second-order valence-corrected chi connectivity index (χ2v) is 8.84. The van der Waals surface area contributed by atoms with Crippen molar-refractivity contribution >= 4 is 23.1 Å². The molecule has 0 unspecified atom stereocenters. The Bertz CT molecular complexity index is 710. The molecule has 2 rings (SSSR count). The summed E-state index contributed by atoms with van der Waals surface area (Å²) in [6, 6.07) is 3.87. The standard InChI is InChI=1S/C23H34N2O3S/c26-21(13-15-23(27)28)22-14-12-20(29-22)11-9-7-5-3-1-2-4-6-8-10-17-25-18-16-24-19-25/h12,14,16,18-19H,1-11,13,15,17H2,(H,27,28). The van der Waals surface area contributed by atoms with Crippen molar-refractivity contribution in [2.24, 2.45) is 0 Å². The number of carbonyl (C=O) groups is 2. The second-order valence-electron chi connectivity index (χ2n) is 7.67. The van der Waals surface area contributed by atoms with Crippen molar-refractivity contribution < 1.29 is 14.7 Å². The van der Waals surface area contributed by atoms with Crippen LogP contribution in [0, 0.1) is 0 Å². The largest absolute Gasteiger partial charge is 0.481 e. The van der Waals surface area contributed by atoms with E-state index in [1.807, 2.05) is 30.9 Å². The summed E-state index contributed by atoms with van der Waals surface area (Å²) < 4.78 is 2.15. The molecule has 0 radical (unpaired) electrons. The highest BCUT2D eigenvalue weighted by Gasteiger charge is 2.11. The number of nitrogens with zero attached hydrogens (tertiary/aromatic N) is 2. The van der Waals surface area contributed by atoms with Crippen molar-refractivity contribution in [2.75, 3.05) is 0 Å². The average molecular weight is 419 g/mol. The van der Waals surface area contributed by atoms with Gasteiger partial charge >= 0.3 is 5.97 Å². The smallest absolute Gasteiger partial charge is 0.303 e. The van der Waals surface area contributed by atoms with Gasteiger partial charge in [0.05, 0.1) is 17.6 Å². The van der Waals surface area contributed by atoms with Gasteiger partial charge in [-0.05, 0) is 31.4 Å². The molecule has 2 aromatic heterocycles. The maximum atomic E-state index is 11.9. The summed E-state index contributed by atoms with van der Waals surface area (Å²) in [4.78, 5) is 28.5. The summed E-state index contributed by atoms with van der Waals surface area (Å²) in [5.41, 5.74) is 0. The van der Waals surface area contributed by atoms with Crippen molar-refractivity contribution in [3.05, 3.63) is 40.6 Å². The Balaban J connectivity index is 1.39. The van der Waals surface area contributed by atoms with Gasteiger partial charge in [0.2, 0.25) is 0 Å². The molecule has 2 heterocycles. The Labute approximate surface area is 178 Å². The Kier molecular flexibility index (Phi) is 11.3. The SMILES string of the molecule is O=C(O)CCC(=O)c1ccc(CCCCCCCCCCCCn2ccnc2)s1. The molecule has 29 heavy (non-hydrogen) atoms. The number of aromatic nitrogens is 2. The third-order valence-electron chi connectivity index (χ3n) is 5.15. The summed E-state index contributed by atoms with van der Waals surface area (Å²) >= 11 is 1.53. The van der Waals surface area contributed by atoms with E-state index in [0.717, 1.165) is 19.4 Å². The van der Waals surface area contributed by atoms with E-state index in [4.69, 9.17) is 5.11 Å². The minimum atomic E-state index is -0.916. The van der Waals surface area contributed by atoms with Gasteiger partial charge < -0.3 is 9.67 Å². The number of hydrogen-bond donors (Lipinski definition) is 1. The lowest BCUT2D eigenvalue weighted by Gasteiger charge is -2.03. The first-order valence-corrected chi connectivity index (χ1v) is 11.8. The number of hydrogen-bond acceptors (Lipinski definition) is 4. The Morgan fingerprint density at radius 3 is 2.17 bits per heavy atom. The maximum Gasteiger partial charge on any atom is 0.303 e. The average Bonchev–Trinajstić information content (AvgIpc) is 3.39. The normalized spacial score (nSPS) is 11.0. The summed E-state index contributed by atoms with van der Waals surface area (Å²) in [6.45, 7) is 1.09. The van der Waals surface area contributed by atoms with Gasteiger partial charge in [0, 0.05) is 30.2 Å². The zero-order chi connectivity index (χ0) is 20.7. The predicted molar refractivity (Wildman–Crippen MR) is 118 cm³/mol. The van der Waals surface area contributed by atoms with E-state index in [1.165, 1.54) is 74.0 Å². The molecule has 160 valence electrons. The highest BCUT2D eigenvalue weighted by Crippen LogP contribution is 2.21. The van der Waals surface area contributed by atoms with Gasteiger partial charge in [-0.25, -0.2) is 4.98 Å². The lowest BCUT2D eigenvalue weighted by molar-refractivity contribution is -0.136. The lowest BCUT2D eigenvalue weighted by atomic mass is 10.1. The molecule has 0 amide bonds. The molecule has 0 fully saturated rings. The first-order chi connectivity index (χ1) is 14.1. The minimum Gasteiger partial charge on any atom is -0.481 e. The molecule has 0 aromatic carbocycles. The number of imidazole rings is 1. The Morgan fingerprint density at radius 1 is 0.897 bits per heavy atom. The Morgan fingerprint density at radius 2 is 1.55 bits per heavy atom. The molecule has 0 spiro atoms. The molecule has 1 N–H and O–H groups in total. The van der Waals surface area contributed by atoms with Crippen molar-refractivity contribution in [1.29, 1.82) is 0 Å². The van der Waals surface area contributed by atoms with Crippen LogP contribution in [0.2, 0.25) is 0 Å². The van der Waals surface area contributed by atoms with E-state index in [2.05, 4.69) is 9.55 Å². The van der Waals surface area contributed by atoms with Gasteiger partial charge in [0.15, 0.2) is 5.78 Å². The molecule has 0 aliphatic rings. The van der Waals surface area contributed by atoms with E-state index in [-0.39, 0.29) is 18.6 Å². The van der Waals surface area contributed by atoms with Crippen LogP contribution in [0.1, 0.15) is 91.6 Å². The second kappa shape index (κ2) is 14.1. The van der Waals surface area contributed by atoms with Gasteiger partial charge in [0.1, 0.15) is 0 Å². The van der Waals surface area contributed by atoms with E-state index < -0.39 is 5.97 Å². The monoisotopic (exact) mass is 418 g/mol. The number of carboxylic acid groups (broad SMARTS) is 1. The number of aryl methyl sites for hydroxylation is 2. The predicted octanol–water partition coefficient (Wildman–Crippen LogP) is 6.14. The fourth-order valence-electron chi connectivity index (χ4n) is 3.43. The molecule has 0 saturated heterocycles. The fraction of sp³-hybridized carbons (Fsp3) is 0.609. The summed E-state index contributed by atoms with van der Waals surface area (Å²) in [7, 11) is 0. The number of Topliss-reactive ketones (excluding diaryl/α,β-unsaturated/α-hetero) is 1. The molecular weight excluding hydrogens is 384 g/mol. The van der Waals surface area contributed by atoms with Crippen molar-refractivity contribution in [1.82, 2.24) is 9.55 Å². The van der Waals surface area contributed by atoms with Crippen LogP contribution in [-0.2, 0) is 17.8 Å². The zero-order valence-corrected chi connectivity index (χ0v) is 18.2. The van der Waals surface area contributed by atoms with Gasteiger partial charge in [-0.2, -0.15) is 0 Å². The topological polar surface area (TPSA) is 72.2 Å². The first-order valence-electron chi connectivity index (χ1n) is 10.9. The molecule has 2 aromatic rings. The van der Waals surface area contributed by atoms with Crippen molar-refractivity contribution in [2.45, 2.75) is 90.0 Å². The summed E-state index contributed by atoms with van der Waals surface area (Å²) in [5.74, 6) is -0.967. The number of carboxylic acids is 1. The highest BCUT2D eigenvalue weighted by atomic mass is 32.1. The summed E-state index contributed by atoms with van der Waals surface area (Å²) in [6.07, 6.45) is 19.7. The molecule has 0 aliphatic carbocycles. The van der Waals surface area contributed by atoms with Crippen LogP contribution in [0.3, 0.4) is 0 Å². The molecular formula is C23H34N2O3S. The molecule has 0 bridgehead atoms. The number of ketones is 1. The van der Waals surface area contributed by atoms with E-state index in [1.54, 1.807) is 0 Å². The quantitative estimate of drug-likeness (QED) is 0.247. The molecule has 6 heteroatoms. The van der Waals surface area contributed by atoms with Crippen LogP contribution in [0.4, 0.5) is 0 Å². The molecule has 0 saturated carbocycles.